The van der Waals surface area contributed by atoms with E-state index in [0.717, 1.165) is 18.8 Å². The van der Waals surface area contributed by atoms with Crippen LogP contribution in [0, 0.1) is 5.92 Å². The molecule has 0 aliphatic carbocycles. The summed E-state index contributed by atoms with van der Waals surface area (Å²) in [6, 6.07) is 9.04. The Bertz CT molecular complexity index is 431. The van der Waals surface area contributed by atoms with Gasteiger partial charge in [-0.2, -0.15) is 0 Å². The average Bonchev–Trinajstić information content (AvgIpc) is 2.47. The second-order valence-corrected chi connectivity index (χ2v) is 6.36. The number of ether oxygens (including phenoxy) is 1. The molecule has 1 fully saturated rings. The topological polar surface area (TPSA) is 38.5 Å². The van der Waals surface area contributed by atoms with Crippen LogP contribution in [0.2, 0.25) is 0 Å². The summed E-state index contributed by atoms with van der Waals surface area (Å²) < 4.78 is 5.86. The molecule has 21 heavy (non-hydrogen) atoms. The molecule has 118 valence electrons. The summed E-state index contributed by atoms with van der Waals surface area (Å²) in [6.45, 7) is 9.49. The largest absolute Gasteiger partial charge is 0.491 e. The van der Waals surface area contributed by atoms with Gasteiger partial charge in [-0.05, 0) is 76.4 Å². The van der Waals surface area contributed by atoms with Gasteiger partial charge in [0.2, 0.25) is 0 Å². The molecule has 2 rings (SSSR count). The van der Waals surface area contributed by atoms with E-state index < -0.39 is 0 Å². The first-order chi connectivity index (χ1) is 10.2. The Balaban J connectivity index is 2.25. The zero-order chi connectivity index (χ0) is 15.2. The van der Waals surface area contributed by atoms with E-state index in [2.05, 4.69) is 43.9 Å². The Labute approximate surface area is 129 Å². The predicted octanol–water partition coefficient (Wildman–Crippen LogP) is 3.60. The molecule has 1 aromatic rings. The van der Waals surface area contributed by atoms with Crippen molar-refractivity contribution in [1.29, 1.82) is 0 Å². The van der Waals surface area contributed by atoms with Crippen molar-refractivity contribution in [2.24, 2.45) is 11.7 Å². The highest BCUT2D eigenvalue weighted by Crippen LogP contribution is 2.36. The molecule has 0 saturated carbocycles. The molecule has 1 aliphatic heterocycles. The molecule has 1 aliphatic rings. The summed E-state index contributed by atoms with van der Waals surface area (Å²) in [5.74, 6) is 1.53. The first kappa shape index (κ1) is 16.3. The summed E-state index contributed by atoms with van der Waals surface area (Å²) in [7, 11) is 0. The smallest absolute Gasteiger partial charge is 0.120 e. The lowest BCUT2D eigenvalue weighted by Gasteiger charge is -2.41. The van der Waals surface area contributed by atoms with E-state index >= 15 is 0 Å². The molecule has 1 saturated heterocycles. The Morgan fingerprint density at radius 1 is 1.38 bits per heavy atom. The molecule has 0 spiro atoms. The van der Waals surface area contributed by atoms with E-state index in [1.165, 1.54) is 31.4 Å². The first-order valence-electron chi connectivity index (χ1n) is 8.36. The van der Waals surface area contributed by atoms with Gasteiger partial charge in [-0.1, -0.05) is 19.1 Å². The predicted molar refractivity (Wildman–Crippen MR) is 88.6 cm³/mol. The fourth-order valence-corrected chi connectivity index (χ4v) is 3.46. The van der Waals surface area contributed by atoms with Gasteiger partial charge in [-0.25, -0.2) is 0 Å². The summed E-state index contributed by atoms with van der Waals surface area (Å²) in [4.78, 5) is 2.61. The second kappa shape index (κ2) is 7.81. The SMILES string of the molecule is CCCN1CCCC(CN)C1c1cccc(OC(C)C)c1. The zero-order valence-corrected chi connectivity index (χ0v) is 13.7. The minimum atomic E-state index is 0.212. The molecular formula is C18H30N2O. The molecule has 0 bridgehead atoms. The highest BCUT2D eigenvalue weighted by atomic mass is 16.5. The Kier molecular flexibility index (Phi) is 6.07. The van der Waals surface area contributed by atoms with Crippen molar-refractivity contribution < 1.29 is 4.74 Å². The van der Waals surface area contributed by atoms with Gasteiger partial charge in [0.1, 0.15) is 5.75 Å². The molecular weight excluding hydrogens is 260 g/mol. The van der Waals surface area contributed by atoms with Gasteiger partial charge >= 0.3 is 0 Å². The third-order valence-electron chi connectivity index (χ3n) is 4.25. The molecule has 2 unspecified atom stereocenters. The standard InChI is InChI=1S/C18H30N2O/c1-4-10-20-11-6-8-16(13-19)18(20)15-7-5-9-17(12-15)21-14(2)3/h5,7,9,12,14,16,18H,4,6,8,10-11,13,19H2,1-3H3. The van der Waals surface area contributed by atoms with Crippen LogP contribution in [0.4, 0.5) is 0 Å². The molecule has 2 atom stereocenters. The maximum atomic E-state index is 6.05. The van der Waals surface area contributed by atoms with Gasteiger partial charge < -0.3 is 10.5 Å². The number of nitrogens with two attached hydrogens (primary N) is 1. The summed E-state index contributed by atoms with van der Waals surface area (Å²) in [6.07, 6.45) is 3.90. The van der Waals surface area contributed by atoms with Crippen LogP contribution in [0.25, 0.3) is 0 Å². The van der Waals surface area contributed by atoms with Crippen molar-refractivity contribution in [3.63, 3.8) is 0 Å². The van der Waals surface area contributed by atoms with Gasteiger partial charge in [0.25, 0.3) is 0 Å². The lowest BCUT2D eigenvalue weighted by Crippen LogP contribution is -2.41. The second-order valence-electron chi connectivity index (χ2n) is 6.36. The quantitative estimate of drug-likeness (QED) is 0.870. The van der Waals surface area contributed by atoms with Gasteiger partial charge in [0.15, 0.2) is 0 Å². The molecule has 0 radical (unpaired) electrons. The number of piperidine rings is 1. The van der Waals surface area contributed by atoms with Crippen molar-refractivity contribution >= 4 is 0 Å². The van der Waals surface area contributed by atoms with Crippen LogP contribution < -0.4 is 10.5 Å². The van der Waals surface area contributed by atoms with Crippen molar-refractivity contribution in [3.05, 3.63) is 29.8 Å². The molecule has 1 aromatic carbocycles. The minimum Gasteiger partial charge on any atom is -0.491 e. The molecule has 3 heteroatoms. The summed E-state index contributed by atoms with van der Waals surface area (Å²) in [5.41, 5.74) is 7.41. The van der Waals surface area contributed by atoms with Crippen LogP contribution in [0.1, 0.15) is 51.6 Å². The van der Waals surface area contributed by atoms with Crippen LogP contribution in [-0.4, -0.2) is 30.6 Å². The van der Waals surface area contributed by atoms with E-state index in [4.69, 9.17) is 10.5 Å². The number of nitrogens with zero attached hydrogens (tertiary/aromatic N) is 1. The zero-order valence-electron chi connectivity index (χ0n) is 13.7. The van der Waals surface area contributed by atoms with Crippen molar-refractivity contribution in [2.75, 3.05) is 19.6 Å². The molecule has 1 heterocycles. The number of likely N-dealkylation sites (tertiary alicyclic amines) is 1. The van der Waals surface area contributed by atoms with E-state index in [9.17, 15) is 0 Å². The average molecular weight is 290 g/mol. The highest BCUT2D eigenvalue weighted by Gasteiger charge is 2.31. The van der Waals surface area contributed by atoms with Crippen molar-refractivity contribution in [3.8, 4) is 5.75 Å². The van der Waals surface area contributed by atoms with Crippen LogP contribution in [0.5, 0.6) is 5.75 Å². The van der Waals surface area contributed by atoms with E-state index in [1.54, 1.807) is 0 Å². The lowest BCUT2D eigenvalue weighted by atomic mass is 9.84. The van der Waals surface area contributed by atoms with Crippen LogP contribution in [0.15, 0.2) is 24.3 Å². The summed E-state index contributed by atoms with van der Waals surface area (Å²) >= 11 is 0. The number of rotatable bonds is 6. The minimum absolute atomic E-state index is 0.212. The fraction of sp³-hybridized carbons (Fsp3) is 0.667. The monoisotopic (exact) mass is 290 g/mol. The van der Waals surface area contributed by atoms with E-state index in [0.29, 0.717) is 12.0 Å². The van der Waals surface area contributed by atoms with Gasteiger partial charge in [-0.15, -0.1) is 0 Å². The fourth-order valence-electron chi connectivity index (χ4n) is 3.46. The molecule has 3 nitrogen and oxygen atoms in total. The first-order valence-corrected chi connectivity index (χ1v) is 8.36. The maximum absolute atomic E-state index is 6.05. The lowest BCUT2D eigenvalue weighted by molar-refractivity contribution is 0.0957. The Morgan fingerprint density at radius 2 is 2.19 bits per heavy atom. The van der Waals surface area contributed by atoms with Gasteiger partial charge in [-0.3, -0.25) is 4.90 Å². The normalized spacial score (nSPS) is 23.5. The molecule has 0 aromatic heterocycles. The third-order valence-corrected chi connectivity index (χ3v) is 4.25. The van der Waals surface area contributed by atoms with Gasteiger partial charge in [0, 0.05) is 6.04 Å². The third kappa shape index (κ3) is 4.21. The highest BCUT2D eigenvalue weighted by molar-refractivity contribution is 5.31. The maximum Gasteiger partial charge on any atom is 0.120 e. The van der Waals surface area contributed by atoms with Crippen LogP contribution >= 0.6 is 0 Å². The van der Waals surface area contributed by atoms with E-state index in [1.807, 2.05) is 6.07 Å². The van der Waals surface area contributed by atoms with E-state index in [-0.39, 0.29) is 6.10 Å². The van der Waals surface area contributed by atoms with Crippen LogP contribution in [-0.2, 0) is 0 Å². The Hall–Kier alpha value is -1.06. The molecule has 0 amide bonds. The molecule has 2 N–H and O–H groups in total. The number of benzene rings is 1. The van der Waals surface area contributed by atoms with Gasteiger partial charge in [0.05, 0.1) is 6.10 Å². The number of hydrogen-bond donors (Lipinski definition) is 1. The van der Waals surface area contributed by atoms with Crippen molar-refractivity contribution in [2.45, 2.75) is 52.2 Å². The Morgan fingerprint density at radius 3 is 2.86 bits per heavy atom. The number of hydrogen-bond acceptors (Lipinski definition) is 3. The van der Waals surface area contributed by atoms with Crippen molar-refractivity contribution in [1.82, 2.24) is 4.90 Å². The van der Waals surface area contributed by atoms with Crippen LogP contribution in [0.3, 0.4) is 0 Å². The summed E-state index contributed by atoms with van der Waals surface area (Å²) in [5, 5.41) is 0.